The first-order valence-electron chi connectivity index (χ1n) is 22.0. The SMILES string of the molecule is C=C(CN1CCN(C2NC(NCC3NC4CCC(C)CC4N3)N3NCC(Br)C3N2)CC1)C(=O)N[C@@H]1CN(C2NC(NC3CN(C)NC3OC)C3NCN(C)C3N2)C[C@H]1F. The number of carbonyl (C=O) groups is 1. The Kier molecular flexibility index (Phi) is 13.6. The van der Waals surface area contributed by atoms with Crippen molar-refractivity contribution in [2.24, 2.45) is 5.92 Å². The zero-order valence-corrected chi connectivity index (χ0v) is 36.7. The molecule has 1 saturated carbocycles. The van der Waals surface area contributed by atoms with Crippen LogP contribution in [0.4, 0.5) is 4.39 Å². The van der Waals surface area contributed by atoms with E-state index in [9.17, 15) is 4.79 Å². The molecule has 20 nitrogen and oxygen atoms in total. The molecule has 0 aromatic heterocycles. The van der Waals surface area contributed by atoms with Crippen molar-refractivity contribution in [3.63, 3.8) is 0 Å². The molecule has 1 aliphatic carbocycles. The van der Waals surface area contributed by atoms with Crippen LogP contribution in [0.2, 0.25) is 0 Å². The van der Waals surface area contributed by atoms with Crippen LogP contribution in [0.1, 0.15) is 26.2 Å². The maximum absolute atomic E-state index is 15.7. The average Bonchev–Trinajstić information content (AvgIpc) is 4.06. The van der Waals surface area contributed by atoms with E-state index in [1.165, 1.54) is 19.3 Å². The first-order chi connectivity index (χ1) is 28.5. The number of likely N-dealkylation sites (N-methyl/N-ethyl adjacent to an activating group) is 2. The fraction of sp³-hybridized carbons (Fsp3) is 0.919. The third-order valence-electron chi connectivity index (χ3n) is 14.2. The minimum atomic E-state index is -1.20. The lowest BCUT2D eigenvalue weighted by molar-refractivity contribution is -0.118. The Morgan fingerprint density at radius 3 is 2.53 bits per heavy atom. The number of hydrazine groups is 2. The van der Waals surface area contributed by atoms with Crippen molar-refractivity contribution >= 4 is 21.8 Å². The van der Waals surface area contributed by atoms with Crippen LogP contribution >= 0.6 is 15.9 Å². The number of methoxy groups -OCH3 is 1. The lowest BCUT2D eigenvalue weighted by atomic mass is 9.84. The summed E-state index contributed by atoms with van der Waals surface area (Å²) in [5.41, 5.74) is 7.36. The smallest absolute Gasteiger partial charge is 0.248 e. The van der Waals surface area contributed by atoms with Crippen LogP contribution < -0.4 is 64.0 Å². The highest BCUT2D eigenvalue weighted by molar-refractivity contribution is 9.09. The second-order valence-corrected chi connectivity index (χ2v) is 19.7. The predicted octanol–water partition coefficient (Wildman–Crippen LogP) is -5.00. The molecule has 16 atom stereocenters. The van der Waals surface area contributed by atoms with Gasteiger partial charge in [-0.25, -0.2) is 20.3 Å². The molecular formula is C37H70BrFN18O2. The van der Waals surface area contributed by atoms with Crippen LogP contribution in [-0.4, -0.2) is 220 Å². The molecule has 0 bridgehead atoms. The number of piperazine rings is 1. The van der Waals surface area contributed by atoms with Gasteiger partial charge in [-0.2, -0.15) is 5.01 Å². The Hall–Kier alpha value is -1.10. The number of halogens is 2. The molecule has 0 spiro atoms. The number of hydrogen-bond acceptors (Lipinski definition) is 19. The summed E-state index contributed by atoms with van der Waals surface area (Å²) in [6.07, 6.45) is 2.40. The number of carbonyl (C=O) groups excluding carboxylic acids is 1. The quantitative estimate of drug-likeness (QED) is 0.0659. The maximum atomic E-state index is 15.7. The number of nitrogens with one attached hydrogen (secondary N) is 12. The minimum Gasteiger partial charge on any atom is -0.364 e. The molecule has 14 unspecified atom stereocenters. The van der Waals surface area contributed by atoms with Crippen LogP contribution in [0.3, 0.4) is 0 Å². The number of hydrogen-bond donors (Lipinski definition) is 12. The summed E-state index contributed by atoms with van der Waals surface area (Å²) in [5.74, 6) is 0.502. The van der Waals surface area contributed by atoms with Crippen molar-refractivity contribution in [3.05, 3.63) is 12.2 Å². The van der Waals surface area contributed by atoms with E-state index in [1.54, 1.807) is 7.11 Å². The number of amides is 1. The number of alkyl halides is 2. The molecule has 0 aromatic rings. The topological polar surface area (TPSA) is 190 Å². The van der Waals surface area contributed by atoms with Gasteiger partial charge < -0.3 is 10.1 Å². The van der Waals surface area contributed by atoms with Crippen molar-refractivity contribution in [2.45, 2.75) is 117 Å². The molecule has 334 valence electrons. The van der Waals surface area contributed by atoms with Crippen LogP contribution in [0.15, 0.2) is 12.2 Å². The van der Waals surface area contributed by atoms with Crippen molar-refractivity contribution < 1.29 is 13.9 Å². The molecule has 12 N–H and O–H groups in total. The summed E-state index contributed by atoms with van der Waals surface area (Å²) in [6.45, 7) is 14.0. The second-order valence-electron chi connectivity index (χ2n) is 18.5. The van der Waals surface area contributed by atoms with Gasteiger partial charge in [-0.15, -0.1) is 0 Å². The van der Waals surface area contributed by atoms with Gasteiger partial charge in [-0.3, -0.25) is 72.2 Å². The highest BCUT2D eigenvalue weighted by Gasteiger charge is 2.49. The predicted molar refractivity (Wildman–Crippen MR) is 225 cm³/mol. The van der Waals surface area contributed by atoms with E-state index in [1.807, 2.05) is 12.1 Å². The number of rotatable bonds is 12. The molecule has 9 rings (SSSR count). The van der Waals surface area contributed by atoms with E-state index in [0.717, 1.165) is 58.4 Å². The molecule has 8 heterocycles. The molecule has 8 aliphatic heterocycles. The molecule has 22 heteroatoms. The van der Waals surface area contributed by atoms with Gasteiger partial charge in [0.2, 0.25) is 5.91 Å². The van der Waals surface area contributed by atoms with Crippen LogP contribution in [0.25, 0.3) is 0 Å². The standard InChI is InChI=1S/C37H70BrFN18O2/c1-20-6-7-24-25(12-20)44-28(43-24)14-40-35-50-37(48-31-22(38)13-42-57(31)35)55-10-8-54(9-11-55)15-21(2)33(58)46-26-18-56(16-23(26)39)36-47-30(29-32(49-36)52(3)19-41-29)45-27-17-53(4)51-34(27)59-5/h20,22-32,34-37,40-45,47-51H,2,6-19H2,1,3-5H3,(H,46,58)/t20?,22?,23-,24?,25?,26-,27?,28?,29?,30?,31?,32?,34?,35?,36?,37?/m1/s1. The largest absolute Gasteiger partial charge is 0.364 e. The fourth-order valence-electron chi connectivity index (χ4n) is 10.9. The number of ether oxygens (including phenoxy) is 1. The van der Waals surface area contributed by atoms with Gasteiger partial charge in [0.1, 0.15) is 31.3 Å². The van der Waals surface area contributed by atoms with Crippen molar-refractivity contribution in [3.8, 4) is 0 Å². The summed E-state index contributed by atoms with van der Waals surface area (Å²) < 4.78 is 21.4. The van der Waals surface area contributed by atoms with E-state index in [4.69, 9.17) is 4.74 Å². The molecule has 8 saturated heterocycles. The van der Waals surface area contributed by atoms with E-state index >= 15 is 4.39 Å². The maximum Gasteiger partial charge on any atom is 0.248 e. The van der Waals surface area contributed by atoms with Gasteiger partial charge in [-0.1, -0.05) is 29.4 Å². The average molecular weight is 898 g/mol. The molecule has 0 aromatic carbocycles. The van der Waals surface area contributed by atoms with E-state index < -0.39 is 12.2 Å². The molecule has 1 amide bonds. The third kappa shape index (κ3) is 9.42. The van der Waals surface area contributed by atoms with E-state index in [0.29, 0.717) is 30.7 Å². The lowest BCUT2D eigenvalue weighted by Gasteiger charge is -2.49. The van der Waals surface area contributed by atoms with Crippen LogP contribution in [-0.2, 0) is 9.53 Å². The van der Waals surface area contributed by atoms with Gasteiger partial charge >= 0.3 is 0 Å². The van der Waals surface area contributed by atoms with E-state index in [-0.39, 0.29) is 79.1 Å². The van der Waals surface area contributed by atoms with E-state index in [2.05, 4.69) is 125 Å². The zero-order chi connectivity index (χ0) is 40.9. The molecule has 9 fully saturated rings. The van der Waals surface area contributed by atoms with Crippen molar-refractivity contribution in [2.75, 3.05) is 93.3 Å². The summed E-state index contributed by atoms with van der Waals surface area (Å²) in [7, 11) is 5.79. The summed E-state index contributed by atoms with van der Waals surface area (Å²) >= 11 is 3.90. The normalized spacial score (nSPS) is 45.5. The van der Waals surface area contributed by atoms with Gasteiger partial charge in [0, 0.05) is 104 Å². The Bertz CT molecular complexity index is 1470. The first-order valence-corrected chi connectivity index (χ1v) is 22.9. The number of nitrogens with zero attached hydrogens (tertiary/aromatic N) is 6. The summed E-state index contributed by atoms with van der Waals surface area (Å²) in [5, 5.41) is 41.1. The molecule has 59 heavy (non-hydrogen) atoms. The first kappa shape index (κ1) is 43.2. The second kappa shape index (κ2) is 18.6. The zero-order valence-electron chi connectivity index (χ0n) is 35.1. The highest BCUT2D eigenvalue weighted by Crippen LogP contribution is 2.28. The van der Waals surface area contributed by atoms with Gasteiger partial charge in [0.25, 0.3) is 0 Å². The monoisotopic (exact) mass is 897 g/mol. The Morgan fingerprint density at radius 1 is 0.932 bits per heavy atom. The third-order valence-corrected chi connectivity index (χ3v) is 15.0. The molecule has 0 radical (unpaired) electrons. The summed E-state index contributed by atoms with van der Waals surface area (Å²) in [4.78, 5) is 22.8. The van der Waals surface area contributed by atoms with Gasteiger partial charge in [-0.05, 0) is 32.2 Å². The molecule has 9 aliphatic rings. The van der Waals surface area contributed by atoms with Crippen molar-refractivity contribution in [1.29, 1.82) is 0 Å². The van der Waals surface area contributed by atoms with Crippen LogP contribution in [0, 0.1) is 5.92 Å². The fourth-order valence-corrected chi connectivity index (χ4v) is 11.4. The minimum absolute atomic E-state index is 0.0128. The van der Waals surface area contributed by atoms with Gasteiger partial charge in [0.15, 0.2) is 0 Å². The van der Waals surface area contributed by atoms with Crippen molar-refractivity contribution in [1.82, 2.24) is 93.6 Å². The Labute approximate surface area is 357 Å². The van der Waals surface area contributed by atoms with Crippen LogP contribution in [0.5, 0.6) is 0 Å². The Morgan fingerprint density at radius 2 is 1.71 bits per heavy atom. The Balaban J connectivity index is 0.733. The summed E-state index contributed by atoms with van der Waals surface area (Å²) in [6, 6.07) is 0.652. The lowest BCUT2D eigenvalue weighted by Crippen LogP contribution is -2.77. The van der Waals surface area contributed by atoms with Gasteiger partial charge in [0.05, 0.1) is 47.6 Å². The number of likely N-dealkylation sites (tertiary alicyclic amines) is 1. The number of fused-ring (bicyclic) bond motifs is 3. The molecular weight excluding hydrogens is 827 g/mol. The highest BCUT2D eigenvalue weighted by atomic mass is 79.9.